The second kappa shape index (κ2) is 31.5. The van der Waals surface area contributed by atoms with Gasteiger partial charge in [0, 0.05) is 0 Å². The molecular formula is C34H77N2O4P. The molecular weight excluding hydrogens is 531 g/mol. The van der Waals surface area contributed by atoms with Gasteiger partial charge >= 0.3 is 0 Å². The van der Waals surface area contributed by atoms with E-state index in [4.69, 9.17) is 19.2 Å². The van der Waals surface area contributed by atoms with Gasteiger partial charge in [0.05, 0.1) is 63.2 Å². The van der Waals surface area contributed by atoms with Crippen LogP contribution in [0.3, 0.4) is 0 Å². The van der Waals surface area contributed by atoms with Gasteiger partial charge in [-0.25, -0.2) is 0 Å². The summed E-state index contributed by atoms with van der Waals surface area (Å²) in [5.41, 5.74) is 0. The molecule has 0 spiro atoms. The van der Waals surface area contributed by atoms with Crippen LogP contribution in [-0.4, -0.2) is 69.2 Å². The van der Waals surface area contributed by atoms with E-state index in [1.165, 1.54) is 167 Å². The smallest absolute Gasteiger partial charge is 0.0780 e. The molecule has 0 aliphatic carbocycles. The predicted octanol–water partition coefficient (Wildman–Crippen LogP) is 8.59. The highest BCUT2D eigenvalue weighted by atomic mass is 31.2. The average molecular weight is 609 g/mol. The van der Waals surface area contributed by atoms with E-state index in [-0.39, 0.29) is 0 Å². The summed E-state index contributed by atoms with van der Waals surface area (Å²) in [6, 6.07) is 0. The van der Waals surface area contributed by atoms with Crippen LogP contribution in [-0.2, 0) is 4.57 Å². The van der Waals surface area contributed by atoms with Gasteiger partial charge in [-0.15, -0.1) is 0 Å². The Morgan fingerprint density at radius 3 is 0.707 bits per heavy atom. The third kappa shape index (κ3) is 64.2. The normalized spacial score (nSPS) is 12.0. The van der Waals surface area contributed by atoms with Crippen LogP contribution in [0.4, 0.5) is 0 Å². The minimum Gasteiger partial charge on any atom is -0.790 e. The molecule has 0 aromatic rings. The number of hydrogen-bond donors (Lipinski definition) is 1. The van der Waals surface area contributed by atoms with Crippen LogP contribution in [0.5, 0.6) is 0 Å². The molecule has 252 valence electrons. The second-order valence-corrected chi connectivity index (χ2v) is 15.2. The molecule has 0 amide bonds. The van der Waals surface area contributed by atoms with Crippen LogP contribution in [0.2, 0.25) is 0 Å². The van der Waals surface area contributed by atoms with Crippen molar-refractivity contribution in [3.8, 4) is 0 Å². The zero-order valence-electron chi connectivity index (χ0n) is 29.4. The number of unbranched alkanes of at least 4 members (excludes halogenated alkanes) is 22. The van der Waals surface area contributed by atoms with Crippen molar-refractivity contribution in [3.63, 3.8) is 0 Å². The van der Waals surface area contributed by atoms with Crippen molar-refractivity contribution < 1.29 is 28.2 Å². The van der Waals surface area contributed by atoms with E-state index < -0.39 is 7.82 Å². The fourth-order valence-electron chi connectivity index (χ4n) is 4.85. The van der Waals surface area contributed by atoms with E-state index in [9.17, 15) is 0 Å². The highest BCUT2D eigenvalue weighted by molar-refractivity contribution is 7.42. The van der Waals surface area contributed by atoms with Gasteiger partial charge in [0.25, 0.3) is 0 Å². The number of phosphoric acid groups is 1. The van der Waals surface area contributed by atoms with E-state index >= 15 is 0 Å². The maximum Gasteiger partial charge on any atom is 0.0780 e. The lowest BCUT2D eigenvalue weighted by Gasteiger charge is -2.23. The molecule has 0 bridgehead atoms. The Labute approximate surface area is 259 Å². The largest absolute Gasteiger partial charge is 0.790 e. The molecule has 0 aliphatic rings. The summed E-state index contributed by atoms with van der Waals surface area (Å²) in [4.78, 5) is 24.3. The van der Waals surface area contributed by atoms with E-state index in [1.54, 1.807) is 0 Å². The molecule has 0 rings (SSSR count). The lowest BCUT2D eigenvalue weighted by molar-refractivity contribution is -0.870. The Kier molecular flexibility index (Phi) is 34.9. The summed E-state index contributed by atoms with van der Waals surface area (Å²) in [6.07, 6.45) is 34.8. The van der Waals surface area contributed by atoms with Crippen molar-refractivity contribution in [2.45, 2.75) is 168 Å². The van der Waals surface area contributed by atoms with Gasteiger partial charge in [-0.05, 0) is 25.7 Å². The number of nitrogens with zero attached hydrogens (tertiary/aromatic N) is 2. The summed E-state index contributed by atoms with van der Waals surface area (Å²) < 4.78 is 10.9. The molecule has 0 fully saturated rings. The zero-order valence-corrected chi connectivity index (χ0v) is 30.3. The summed E-state index contributed by atoms with van der Waals surface area (Å²) >= 11 is 0. The fraction of sp³-hybridized carbons (Fsp3) is 1.00. The van der Waals surface area contributed by atoms with Crippen molar-refractivity contribution in [2.75, 3.05) is 55.4 Å². The molecule has 0 radical (unpaired) electrons. The van der Waals surface area contributed by atoms with Crippen LogP contribution in [0.25, 0.3) is 0 Å². The summed E-state index contributed by atoms with van der Waals surface area (Å²) in [5, 5.41) is 0. The van der Waals surface area contributed by atoms with Crippen LogP contribution in [0.1, 0.15) is 168 Å². The van der Waals surface area contributed by atoms with Gasteiger partial charge in [0.1, 0.15) is 0 Å². The van der Waals surface area contributed by atoms with Gasteiger partial charge in [0.15, 0.2) is 0 Å². The Morgan fingerprint density at radius 1 is 0.415 bits per heavy atom. The number of hydrogen-bond acceptors (Lipinski definition) is 3. The molecule has 41 heavy (non-hydrogen) atoms. The first-order valence-electron chi connectivity index (χ1n) is 17.5. The molecule has 0 aromatic heterocycles. The minimum absolute atomic E-state index is 1.12. The monoisotopic (exact) mass is 609 g/mol. The maximum absolute atomic E-state index is 8.66. The molecule has 6 nitrogen and oxygen atoms in total. The summed E-state index contributed by atoms with van der Waals surface area (Å²) in [7, 11) is 8.60. The van der Waals surface area contributed by atoms with Gasteiger partial charge in [-0.1, -0.05) is 142 Å². The molecule has 0 unspecified atom stereocenters. The fourth-order valence-corrected chi connectivity index (χ4v) is 4.85. The predicted molar refractivity (Wildman–Crippen MR) is 178 cm³/mol. The summed E-state index contributed by atoms with van der Waals surface area (Å²) in [5.74, 6) is 0. The standard InChI is InChI=1S/2C17H38N.H3O4P/c2*1-5-6-7-8-9-10-11-12-13-14-15-16-17-18(2,3)4;1-5(2,3)4/h2*5-17H2,1-4H3;(H3,1,2,3,4)/q2*+1;/p-2. The van der Waals surface area contributed by atoms with Crippen molar-refractivity contribution in [2.24, 2.45) is 0 Å². The zero-order chi connectivity index (χ0) is 31.9. The van der Waals surface area contributed by atoms with Crippen molar-refractivity contribution in [1.29, 1.82) is 0 Å². The highest BCUT2D eigenvalue weighted by Crippen LogP contribution is 2.14. The SMILES string of the molecule is CCCCCCCCCCCCCC[N+](C)(C)C.CCCCCCCCCCCCCC[N+](C)(C)C.O=P([O-])([O-])O. The van der Waals surface area contributed by atoms with Crippen molar-refractivity contribution in [3.05, 3.63) is 0 Å². The van der Waals surface area contributed by atoms with Crippen LogP contribution in [0.15, 0.2) is 0 Å². The Morgan fingerprint density at radius 2 is 0.561 bits per heavy atom. The Balaban J connectivity index is -0.000000604. The van der Waals surface area contributed by atoms with E-state index in [0.717, 1.165) is 8.97 Å². The van der Waals surface area contributed by atoms with Crippen LogP contribution in [0, 0.1) is 0 Å². The van der Waals surface area contributed by atoms with Gasteiger partial charge < -0.3 is 28.2 Å². The van der Waals surface area contributed by atoms with E-state index in [0.29, 0.717) is 0 Å². The van der Waals surface area contributed by atoms with E-state index in [2.05, 4.69) is 56.1 Å². The summed E-state index contributed by atoms with van der Waals surface area (Å²) in [6.45, 7) is 7.24. The van der Waals surface area contributed by atoms with Gasteiger partial charge in [0.2, 0.25) is 0 Å². The number of rotatable bonds is 26. The molecule has 0 aliphatic heterocycles. The van der Waals surface area contributed by atoms with Crippen molar-refractivity contribution >= 4 is 7.82 Å². The van der Waals surface area contributed by atoms with Crippen LogP contribution < -0.4 is 9.79 Å². The van der Waals surface area contributed by atoms with Gasteiger partial charge in [-0.2, -0.15) is 0 Å². The molecule has 1 N–H and O–H groups in total. The Hall–Kier alpha value is 0.0300. The van der Waals surface area contributed by atoms with Crippen LogP contribution >= 0.6 is 7.82 Å². The minimum atomic E-state index is -5.14. The molecule has 7 heteroatoms. The molecule has 0 saturated carbocycles. The topological polar surface area (TPSA) is 83.4 Å². The van der Waals surface area contributed by atoms with Gasteiger partial charge in [-0.3, -0.25) is 0 Å². The Bertz CT molecular complexity index is 496. The molecule has 0 saturated heterocycles. The molecule has 0 heterocycles. The number of quaternary nitrogens is 2. The third-order valence-electron chi connectivity index (χ3n) is 7.36. The van der Waals surface area contributed by atoms with E-state index in [1.807, 2.05) is 0 Å². The lowest BCUT2D eigenvalue weighted by Crippen LogP contribution is -2.35. The lowest BCUT2D eigenvalue weighted by atomic mass is 10.1. The molecule has 0 aromatic carbocycles. The third-order valence-corrected chi connectivity index (χ3v) is 7.36. The van der Waals surface area contributed by atoms with Crippen molar-refractivity contribution in [1.82, 2.24) is 0 Å². The quantitative estimate of drug-likeness (QED) is 0.0605. The molecule has 0 atom stereocenters. The first-order chi connectivity index (χ1) is 19.1. The first-order valence-corrected chi connectivity index (χ1v) is 19.0. The average Bonchev–Trinajstić information content (AvgIpc) is 2.83. The first kappa shape index (κ1) is 45.5. The maximum atomic E-state index is 8.66. The second-order valence-electron chi connectivity index (χ2n) is 14.3. The highest BCUT2D eigenvalue weighted by Gasteiger charge is 2.05.